The Balaban J connectivity index is 1.26. The van der Waals surface area contributed by atoms with Crippen molar-refractivity contribution in [2.45, 2.75) is 65.2 Å². The Hall–Kier alpha value is -3.05. The molecule has 5 heteroatoms. The molecule has 2 aromatic carbocycles. The molecule has 1 N–H and O–H groups in total. The maximum absolute atomic E-state index is 4.69. The standard InChI is InChI=1S/C33H42N4S/c1-21(2)32(36-20-29-12-9-10-13-30(29)24(36)5)25(6)35-19-11-14-31(35)23(4)34-22(3)27-15-17-28(18-16-27)33-26(7)37(33)38-8/h9-10,12-13,15-18,21-22,31-32,34H,4-6,11,14,19-20H2,1-3,7-8H3. The van der Waals surface area contributed by atoms with Gasteiger partial charge in [0.25, 0.3) is 0 Å². The van der Waals surface area contributed by atoms with Crippen molar-refractivity contribution < 1.29 is 0 Å². The van der Waals surface area contributed by atoms with Crippen LogP contribution in [-0.2, 0) is 6.54 Å². The van der Waals surface area contributed by atoms with Crippen molar-refractivity contribution in [2.24, 2.45) is 5.92 Å². The lowest BCUT2D eigenvalue weighted by Gasteiger charge is -2.41. The number of nitrogens with zero attached hydrogens (tertiary/aromatic N) is 3. The second-order valence-electron chi connectivity index (χ2n) is 11.2. The van der Waals surface area contributed by atoms with E-state index in [0.29, 0.717) is 5.92 Å². The molecule has 0 amide bonds. The average Bonchev–Trinajstić information content (AvgIpc) is 3.20. The van der Waals surface area contributed by atoms with E-state index in [2.05, 4.69) is 122 Å². The van der Waals surface area contributed by atoms with Gasteiger partial charge in [0.1, 0.15) is 0 Å². The van der Waals surface area contributed by atoms with E-state index in [-0.39, 0.29) is 18.1 Å². The minimum Gasteiger partial charge on any atom is -0.381 e. The Labute approximate surface area is 233 Å². The van der Waals surface area contributed by atoms with Crippen LogP contribution in [-0.4, -0.2) is 39.0 Å². The van der Waals surface area contributed by atoms with Crippen molar-refractivity contribution in [2.75, 3.05) is 12.8 Å². The summed E-state index contributed by atoms with van der Waals surface area (Å²) in [6.45, 7) is 24.6. The molecule has 1 fully saturated rings. The molecule has 0 aliphatic carbocycles. The molecular formula is C33H42N4S. The van der Waals surface area contributed by atoms with Crippen LogP contribution in [0.25, 0.3) is 11.4 Å². The normalized spacial score (nSPS) is 20.2. The molecule has 0 saturated carbocycles. The topological polar surface area (TPSA) is 21.5 Å². The molecule has 4 nitrogen and oxygen atoms in total. The number of allylic oxidation sites excluding steroid dienone is 1. The summed E-state index contributed by atoms with van der Waals surface area (Å²) in [5.41, 5.74) is 11.3. The van der Waals surface area contributed by atoms with E-state index in [0.717, 1.165) is 37.3 Å². The molecule has 0 aromatic heterocycles. The summed E-state index contributed by atoms with van der Waals surface area (Å²) >= 11 is 1.76. The molecule has 5 rings (SSSR count). The second-order valence-corrected chi connectivity index (χ2v) is 11.9. The third kappa shape index (κ3) is 4.77. The maximum Gasteiger partial charge on any atom is 0.0796 e. The fourth-order valence-corrected chi connectivity index (χ4v) is 7.12. The SMILES string of the molecule is C=C(NC(C)c1ccc(C2=C(C)N2SC)cc1)C1CCCN1C(=C)C(C(C)C)N1Cc2ccccc2C1=C. The molecule has 200 valence electrons. The lowest BCUT2D eigenvalue weighted by atomic mass is 9.97. The molecule has 0 radical (unpaired) electrons. The third-order valence-corrected chi connectivity index (χ3v) is 9.24. The van der Waals surface area contributed by atoms with Gasteiger partial charge < -0.3 is 15.1 Å². The lowest BCUT2D eigenvalue weighted by molar-refractivity contribution is 0.206. The lowest BCUT2D eigenvalue weighted by Crippen LogP contribution is -2.45. The minimum absolute atomic E-state index is 0.187. The highest BCUT2D eigenvalue weighted by atomic mass is 32.2. The fourth-order valence-electron chi connectivity index (χ4n) is 6.38. The van der Waals surface area contributed by atoms with Gasteiger partial charge in [-0.25, -0.2) is 0 Å². The Morgan fingerprint density at radius 2 is 1.76 bits per heavy atom. The van der Waals surface area contributed by atoms with Crippen LogP contribution in [0.2, 0.25) is 0 Å². The number of rotatable bonds is 10. The molecule has 0 bridgehead atoms. The molecular weight excluding hydrogens is 484 g/mol. The smallest absolute Gasteiger partial charge is 0.0796 e. The summed E-state index contributed by atoms with van der Waals surface area (Å²) in [4.78, 5) is 4.97. The van der Waals surface area contributed by atoms with E-state index < -0.39 is 0 Å². The predicted octanol–water partition coefficient (Wildman–Crippen LogP) is 7.62. The third-order valence-electron chi connectivity index (χ3n) is 8.42. The number of benzene rings is 2. The van der Waals surface area contributed by atoms with Gasteiger partial charge in [-0.05, 0) is 55.7 Å². The molecule has 3 aliphatic rings. The summed E-state index contributed by atoms with van der Waals surface area (Å²) in [6.07, 6.45) is 4.37. The van der Waals surface area contributed by atoms with Crippen LogP contribution in [0.1, 0.15) is 68.8 Å². The molecule has 1 saturated heterocycles. The van der Waals surface area contributed by atoms with Gasteiger partial charge in [0.05, 0.1) is 23.5 Å². The number of nitrogens with one attached hydrogen (secondary N) is 1. The first-order valence-electron chi connectivity index (χ1n) is 13.8. The van der Waals surface area contributed by atoms with Crippen molar-refractivity contribution in [3.63, 3.8) is 0 Å². The summed E-state index contributed by atoms with van der Waals surface area (Å²) in [5.74, 6) is 0.417. The molecule has 3 atom stereocenters. The summed E-state index contributed by atoms with van der Waals surface area (Å²) in [5, 5.41) is 3.74. The highest BCUT2D eigenvalue weighted by Crippen LogP contribution is 2.45. The zero-order valence-corrected chi connectivity index (χ0v) is 24.4. The van der Waals surface area contributed by atoms with Crippen LogP contribution in [0, 0.1) is 5.92 Å². The zero-order chi connectivity index (χ0) is 27.1. The van der Waals surface area contributed by atoms with Gasteiger partial charge in [0.15, 0.2) is 0 Å². The largest absolute Gasteiger partial charge is 0.381 e. The summed E-state index contributed by atoms with van der Waals surface area (Å²) in [7, 11) is 0. The van der Waals surface area contributed by atoms with Crippen LogP contribution in [0.5, 0.6) is 0 Å². The van der Waals surface area contributed by atoms with Crippen LogP contribution in [0.4, 0.5) is 0 Å². The van der Waals surface area contributed by atoms with Gasteiger partial charge in [-0.1, -0.05) is 82.1 Å². The van der Waals surface area contributed by atoms with Crippen molar-refractivity contribution >= 4 is 23.3 Å². The van der Waals surface area contributed by atoms with Gasteiger partial charge >= 0.3 is 0 Å². The Morgan fingerprint density at radius 3 is 2.39 bits per heavy atom. The van der Waals surface area contributed by atoms with Gasteiger partial charge in [0, 0.05) is 53.6 Å². The molecule has 3 heterocycles. The quantitative estimate of drug-likeness (QED) is 0.321. The van der Waals surface area contributed by atoms with Gasteiger partial charge in [0.2, 0.25) is 0 Å². The van der Waals surface area contributed by atoms with Crippen molar-refractivity contribution in [3.05, 3.63) is 108 Å². The Bertz CT molecular complexity index is 1270. The van der Waals surface area contributed by atoms with E-state index in [1.54, 1.807) is 11.9 Å². The van der Waals surface area contributed by atoms with E-state index in [1.807, 2.05) is 0 Å². The van der Waals surface area contributed by atoms with Gasteiger partial charge in [-0.2, -0.15) is 0 Å². The van der Waals surface area contributed by atoms with E-state index in [4.69, 9.17) is 0 Å². The van der Waals surface area contributed by atoms with Crippen LogP contribution < -0.4 is 5.32 Å². The molecule has 2 aromatic rings. The maximum atomic E-state index is 4.69. The Morgan fingerprint density at radius 1 is 1.05 bits per heavy atom. The first-order valence-corrected chi connectivity index (χ1v) is 15.0. The minimum atomic E-state index is 0.187. The highest BCUT2D eigenvalue weighted by molar-refractivity contribution is 7.97. The second kappa shape index (κ2) is 10.6. The van der Waals surface area contributed by atoms with Crippen LogP contribution >= 0.6 is 11.9 Å². The first kappa shape index (κ1) is 26.6. The number of likely N-dealkylation sites (tertiary alicyclic amines) is 1. The molecule has 3 unspecified atom stereocenters. The summed E-state index contributed by atoms with van der Waals surface area (Å²) < 4.78 is 2.28. The number of fused-ring (bicyclic) bond motifs is 1. The molecule has 38 heavy (non-hydrogen) atoms. The average molecular weight is 527 g/mol. The first-order chi connectivity index (χ1) is 18.2. The number of hydrogen-bond donors (Lipinski definition) is 1. The molecule has 3 aliphatic heterocycles. The van der Waals surface area contributed by atoms with Crippen molar-refractivity contribution in [1.29, 1.82) is 0 Å². The van der Waals surface area contributed by atoms with Crippen molar-refractivity contribution in [1.82, 2.24) is 19.4 Å². The monoisotopic (exact) mass is 526 g/mol. The van der Waals surface area contributed by atoms with Gasteiger partial charge in [-0.15, -0.1) is 0 Å². The fraction of sp³-hybridized carbons (Fsp3) is 0.394. The molecule has 0 spiro atoms. The van der Waals surface area contributed by atoms with Gasteiger partial charge in [-0.3, -0.25) is 4.31 Å². The van der Waals surface area contributed by atoms with Crippen LogP contribution in [0.3, 0.4) is 0 Å². The Kier molecular flexibility index (Phi) is 7.41. The number of hydrogen-bond acceptors (Lipinski definition) is 5. The van der Waals surface area contributed by atoms with Crippen LogP contribution in [0.15, 0.2) is 85.4 Å². The predicted molar refractivity (Wildman–Crippen MR) is 164 cm³/mol. The van der Waals surface area contributed by atoms with E-state index >= 15 is 0 Å². The summed E-state index contributed by atoms with van der Waals surface area (Å²) in [6, 6.07) is 18.3. The van der Waals surface area contributed by atoms with E-state index in [9.17, 15) is 0 Å². The van der Waals surface area contributed by atoms with E-state index in [1.165, 1.54) is 39.3 Å². The highest BCUT2D eigenvalue weighted by Gasteiger charge is 2.37. The zero-order valence-electron chi connectivity index (χ0n) is 23.6. The van der Waals surface area contributed by atoms with Crippen molar-refractivity contribution in [3.8, 4) is 0 Å².